The Balaban J connectivity index is 1.50. The third-order valence-electron chi connectivity index (χ3n) is 3.85. The van der Waals surface area contributed by atoms with E-state index in [2.05, 4.69) is 9.88 Å². The molecule has 1 aliphatic rings. The molecule has 1 saturated heterocycles. The molecule has 23 heavy (non-hydrogen) atoms. The number of aromatic amines is 1. The maximum absolute atomic E-state index is 12.3. The predicted octanol–water partition coefficient (Wildman–Crippen LogP) is 1.88. The molecule has 2 heterocycles. The normalized spacial score (nSPS) is 14.7. The van der Waals surface area contributed by atoms with E-state index in [-0.39, 0.29) is 12.5 Å². The van der Waals surface area contributed by atoms with Crippen molar-refractivity contribution in [3.05, 3.63) is 53.7 Å². The lowest BCUT2D eigenvalue weighted by Gasteiger charge is -2.30. The van der Waals surface area contributed by atoms with Crippen molar-refractivity contribution in [3.63, 3.8) is 0 Å². The average molecular weight is 333 g/mol. The van der Waals surface area contributed by atoms with E-state index < -0.39 is 0 Å². The molecule has 1 amide bonds. The second kappa shape index (κ2) is 7.33. The summed E-state index contributed by atoms with van der Waals surface area (Å²) in [6.45, 7) is 3.00. The summed E-state index contributed by atoms with van der Waals surface area (Å²) < 4.78 is 5.52. The van der Waals surface area contributed by atoms with Gasteiger partial charge >= 0.3 is 0 Å². The van der Waals surface area contributed by atoms with Crippen molar-refractivity contribution >= 4 is 23.3 Å². The highest BCUT2D eigenvalue weighted by molar-refractivity contribution is 6.32. The van der Waals surface area contributed by atoms with Gasteiger partial charge < -0.3 is 9.64 Å². The number of hydrogen-bond acceptors (Lipinski definition) is 3. The summed E-state index contributed by atoms with van der Waals surface area (Å²) in [5.41, 5.74) is 0. The van der Waals surface area contributed by atoms with Crippen LogP contribution in [-0.4, -0.2) is 43.6 Å². The van der Waals surface area contributed by atoms with Crippen LogP contribution in [-0.2, 0) is 4.79 Å². The molecule has 0 bridgehead atoms. The number of para-hydroxylation sites is 1. The molecule has 0 radical (unpaired) electrons. The van der Waals surface area contributed by atoms with Crippen LogP contribution in [0.5, 0.6) is 5.75 Å². The van der Waals surface area contributed by atoms with E-state index in [1.807, 2.05) is 41.4 Å². The first kappa shape index (κ1) is 15.6. The van der Waals surface area contributed by atoms with Gasteiger partial charge in [0.1, 0.15) is 18.8 Å². The molecular weight excluding hydrogens is 314 g/mol. The average Bonchev–Trinajstić information content (AvgIpc) is 2.62. The summed E-state index contributed by atoms with van der Waals surface area (Å²) in [7, 11) is 0. The Kier molecular flexibility index (Phi) is 4.98. The fourth-order valence-corrected chi connectivity index (χ4v) is 2.76. The Labute approximate surface area is 140 Å². The van der Waals surface area contributed by atoms with Gasteiger partial charge in [-0.05, 0) is 18.2 Å². The Morgan fingerprint density at radius 3 is 2.52 bits per heavy atom. The zero-order chi connectivity index (χ0) is 16.1. The molecule has 0 atom stereocenters. The number of H-pyrrole nitrogens is 1. The Morgan fingerprint density at radius 2 is 1.83 bits per heavy atom. The summed E-state index contributed by atoms with van der Waals surface area (Å²) in [6.07, 6.45) is 1.91. The molecule has 3 rings (SSSR count). The zero-order valence-corrected chi connectivity index (χ0v) is 13.5. The highest BCUT2D eigenvalue weighted by atomic mass is 35.5. The number of pyridine rings is 1. The van der Waals surface area contributed by atoms with Gasteiger partial charge in [0.05, 0.1) is 24.3 Å². The number of amides is 1. The fraction of sp³-hybridized carbons (Fsp3) is 0.294. The van der Waals surface area contributed by atoms with Crippen LogP contribution in [0, 0.1) is 0 Å². The lowest BCUT2D eigenvalue weighted by Crippen LogP contribution is -2.51. The van der Waals surface area contributed by atoms with Crippen molar-refractivity contribution in [3.8, 4) is 5.75 Å². The fourth-order valence-electron chi connectivity index (χ4n) is 2.57. The number of benzene rings is 1. The summed E-state index contributed by atoms with van der Waals surface area (Å²) in [4.78, 5) is 19.5. The van der Waals surface area contributed by atoms with E-state index in [4.69, 9.17) is 16.3 Å². The minimum Gasteiger partial charge on any atom is -0.482 e. The molecule has 0 saturated carbocycles. The zero-order valence-electron chi connectivity index (χ0n) is 12.7. The SMILES string of the molecule is O=C(COc1ccccc1Cl)N1CCN(c2cccc[nH+]2)CC1. The number of hydrogen-bond donors (Lipinski definition) is 0. The van der Waals surface area contributed by atoms with Crippen molar-refractivity contribution < 1.29 is 14.5 Å². The first-order valence-corrected chi connectivity index (χ1v) is 7.98. The van der Waals surface area contributed by atoms with Crippen LogP contribution in [0.15, 0.2) is 48.7 Å². The highest BCUT2D eigenvalue weighted by Gasteiger charge is 2.26. The number of nitrogens with zero attached hydrogens (tertiary/aromatic N) is 2. The minimum absolute atomic E-state index is 0.0124. The monoisotopic (exact) mass is 332 g/mol. The lowest BCUT2D eigenvalue weighted by molar-refractivity contribution is -0.364. The van der Waals surface area contributed by atoms with Crippen molar-refractivity contribution in [1.29, 1.82) is 0 Å². The highest BCUT2D eigenvalue weighted by Crippen LogP contribution is 2.23. The Hall–Kier alpha value is -2.27. The molecule has 1 fully saturated rings. The molecule has 2 aromatic rings. The van der Waals surface area contributed by atoms with Crippen LogP contribution in [0.2, 0.25) is 5.02 Å². The molecule has 0 aliphatic carbocycles. The molecule has 1 aromatic carbocycles. The lowest BCUT2D eigenvalue weighted by atomic mass is 10.3. The van der Waals surface area contributed by atoms with Gasteiger partial charge in [-0.3, -0.25) is 9.69 Å². The van der Waals surface area contributed by atoms with Crippen LogP contribution in [0.3, 0.4) is 0 Å². The first-order valence-electron chi connectivity index (χ1n) is 7.61. The smallest absolute Gasteiger partial charge is 0.274 e. The number of anilines is 1. The number of ether oxygens (including phenoxy) is 1. The van der Waals surface area contributed by atoms with E-state index in [1.54, 1.807) is 12.1 Å². The van der Waals surface area contributed by atoms with Gasteiger partial charge in [0.25, 0.3) is 11.7 Å². The van der Waals surface area contributed by atoms with Gasteiger partial charge in [-0.15, -0.1) is 0 Å². The van der Waals surface area contributed by atoms with Crippen LogP contribution in [0.25, 0.3) is 0 Å². The quantitative estimate of drug-likeness (QED) is 0.859. The molecule has 1 aliphatic heterocycles. The van der Waals surface area contributed by atoms with Crippen molar-refractivity contribution in [1.82, 2.24) is 4.90 Å². The van der Waals surface area contributed by atoms with Crippen molar-refractivity contribution in [2.24, 2.45) is 0 Å². The largest absolute Gasteiger partial charge is 0.482 e. The number of carbonyl (C=O) groups is 1. The number of carbonyl (C=O) groups excluding carboxylic acids is 1. The van der Waals surface area contributed by atoms with Gasteiger partial charge in [-0.2, -0.15) is 0 Å². The van der Waals surface area contributed by atoms with E-state index in [1.165, 1.54) is 0 Å². The standard InChI is InChI=1S/C17H18ClN3O2/c18-14-5-1-2-6-15(14)23-13-17(22)21-11-9-20(10-12-21)16-7-3-4-8-19-16/h1-8H,9-13H2/p+1. The number of nitrogens with one attached hydrogen (secondary N) is 1. The maximum atomic E-state index is 12.3. The van der Waals surface area contributed by atoms with Gasteiger partial charge in [-0.1, -0.05) is 29.8 Å². The number of halogens is 1. The molecule has 1 aromatic heterocycles. The van der Waals surface area contributed by atoms with E-state index in [0.29, 0.717) is 23.9 Å². The van der Waals surface area contributed by atoms with Gasteiger partial charge in [0, 0.05) is 6.07 Å². The topological polar surface area (TPSA) is 46.9 Å². The molecule has 6 heteroatoms. The van der Waals surface area contributed by atoms with Crippen molar-refractivity contribution in [2.45, 2.75) is 0 Å². The molecule has 0 unspecified atom stereocenters. The van der Waals surface area contributed by atoms with Crippen LogP contribution in [0.1, 0.15) is 0 Å². The number of aromatic nitrogens is 1. The van der Waals surface area contributed by atoms with Crippen LogP contribution >= 0.6 is 11.6 Å². The number of rotatable bonds is 4. The Morgan fingerprint density at radius 1 is 1.09 bits per heavy atom. The third-order valence-corrected chi connectivity index (χ3v) is 4.17. The predicted molar refractivity (Wildman–Crippen MR) is 88.7 cm³/mol. The third kappa shape index (κ3) is 3.93. The molecular formula is C17H19ClN3O2+. The molecule has 5 nitrogen and oxygen atoms in total. The number of piperazine rings is 1. The van der Waals surface area contributed by atoms with Crippen LogP contribution in [0.4, 0.5) is 5.82 Å². The molecule has 120 valence electrons. The summed E-state index contributed by atoms with van der Waals surface area (Å²) in [6, 6.07) is 13.2. The van der Waals surface area contributed by atoms with Crippen LogP contribution < -0.4 is 14.6 Å². The van der Waals surface area contributed by atoms with Gasteiger partial charge in [-0.25, -0.2) is 4.98 Å². The summed E-state index contributed by atoms with van der Waals surface area (Å²) >= 11 is 6.02. The first-order chi connectivity index (χ1) is 11.2. The minimum atomic E-state index is -0.0124. The van der Waals surface area contributed by atoms with E-state index >= 15 is 0 Å². The Bertz CT molecular complexity index is 658. The summed E-state index contributed by atoms with van der Waals surface area (Å²) in [5.74, 6) is 1.61. The molecule has 0 spiro atoms. The van der Waals surface area contributed by atoms with E-state index in [0.717, 1.165) is 18.9 Å². The molecule has 1 N–H and O–H groups in total. The van der Waals surface area contributed by atoms with Gasteiger partial charge in [0.15, 0.2) is 6.61 Å². The second-order valence-corrected chi connectivity index (χ2v) is 5.74. The second-order valence-electron chi connectivity index (χ2n) is 5.33. The summed E-state index contributed by atoms with van der Waals surface area (Å²) in [5, 5.41) is 0.518. The maximum Gasteiger partial charge on any atom is 0.274 e. The van der Waals surface area contributed by atoms with Gasteiger partial charge in [0.2, 0.25) is 0 Å². The van der Waals surface area contributed by atoms with E-state index in [9.17, 15) is 4.79 Å². The van der Waals surface area contributed by atoms with Crippen molar-refractivity contribution in [2.75, 3.05) is 37.7 Å².